The summed E-state index contributed by atoms with van der Waals surface area (Å²) in [6, 6.07) is 3.95. The molecular weight excluding hydrogens is 446 g/mol. The molecule has 34 heavy (non-hydrogen) atoms. The average Bonchev–Trinajstić information content (AvgIpc) is 2.79. The molecule has 0 bridgehead atoms. The Balaban J connectivity index is 2.87. The highest BCUT2D eigenvalue weighted by Gasteiger charge is 2.32. The maximum atomic E-state index is 12.9. The fraction of sp³-hybridized carbons (Fsp3) is 0.500. The van der Waals surface area contributed by atoms with Gasteiger partial charge in [-0.15, -0.1) is 0 Å². The number of carbonyl (C=O) groups is 5. The molecule has 0 aliphatic carbocycles. The Morgan fingerprint density at radius 2 is 1.53 bits per heavy atom. The number of hydrogen-bond donors (Lipinski definition) is 7. The molecule has 1 aromatic carbocycles. The molecule has 1 aromatic rings. The van der Waals surface area contributed by atoms with E-state index in [9.17, 15) is 29.1 Å². The van der Waals surface area contributed by atoms with E-state index < -0.39 is 66.8 Å². The van der Waals surface area contributed by atoms with Crippen molar-refractivity contribution in [1.82, 2.24) is 16.0 Å². The minimum atomic E-state index is -1.63. The predicted molar refractivity (Wildman–Crippen MR) is 122 cm³/mol. The number of aliphatic hydroxyl groups is 1. The van der Waals surface area contributed by atoms with Crippen molar-refractivity contribution < 1.29 is 34.2 Å². The predicted octanol–water partition coefficient (Wildman–Crippen LogP) is -1.99. The van der Waals surface area contributed by atoms with E-state index in [4.69, 9.17) is 16.6 Å². The quantitative estimate of drug-likeness (QED) is 0.158. The van der Waals surface area contributed by atoms with Gasteiger partial charge in [-0.05, 0) is 17.9 Å². The maximum absolute atomic E-state index is 12.9. The lowest BCUT2D eigenvalue weighted by Crippen LogP contribution is -2.59. The van der Waals surface area contributed by atoms with Gasteiger partial charge in [-0.2, -0.15) is 0 Å². The van der Waals surface area contributed by atoms with Crippen LogP contribution in [0.15, 0.2) is 30.3 Å². The average molecular weight is 480 g/mol. The van der Waals surface area contributed by atoms with Crippen molar-refractivity contribution in [2.75, 3.05) is 6.61 Å². The molecule has 0 aliphatic rings. The van der Waals surface area contributed by atoms with Gasteiger partial charge in [0, 0.05) is 0 Å². The van der Waals surface area contributed by atoms with E-state index in [0.717, 1.165) is 5.56 Å². The van der Waals surface area contributed by atoms with Crippen molar-refractivity contribution in [2.24, 2.45) is 17.4 Å². The van der Waals surface area contributed by atoms with Crippen molar-refractivity contribution in [3.8, 4) is 0 Å². The van der Waals surface area contributed by atoms with Gasteiger partial charge >= 0.3 is 5.97 Å². The molecule has 0 spiro atoms. The topological polar surface area (TPSA) is 214 Å². The summed E-state index contributed by atoms with van der Waals surface area (Å²) in [4.78, 5) is 60.2. The molecular formula is C22H33N5O7. The number of primary amides is 1. The normalized spacial score (nSPS) is 15.2. The van der Waals surface area contributed by atoms with Crippen LogP contribution in [-0.2, 0) is 30.4 Å². The second-order valence-electron chi connectivity index (χ2n) is 7.98. The molecule has 0 aliphatic heterocycles. The number of carboxylic acid groups (broad SMARTS) is 1. The van der Waals surface area contributed by atoms with Gasteiger partial charge in [-0.25, -0.2) is 4.79 Å². The third-order valence-electron chi connectivity index (χ3n) is 5.26. The number of aliphatic carboxylic acids is 1. The number of carbonyl (C=O) groups excluding carboxylic acids is 4. The van der Waals surface area contributed by atoms with E-state index >= 15 is 0 Å². The molecule has 9 N–H and O–H groups in total. The van der Waals surface area contributed by atoms with E-state index in [1.165, 1.54) is 0 Å². The Morgan fingerprint density at radius 1 is 0.941 bits per heavy atom. The van der Waals surface area contributed by atoms with E-state index in [0.29, 0.717) is 6.42 Å². The first-order valence-corrected chi connectivity index (χ1v) is 10.8. The SMILES string of the molecule is CCC(C)C(NC(=O)C(N)Cc1ccccc1)C(=O)NC(CO)C(=O)NC(CC(N)=O)C(=O)O. The Labute approximate surface area is 197 Å². The third-order valence-corrected chi connectivity index (χ3v) is 5.26. The van der Waals surface area contributed by atoms with E-state index in [2.05, 4.69) is 16.0 Å². The molecule has 5 atom stereocenters. The zero-order valence-corrected chi connectivity index (χ0v) is 19.2. The van der Waals surface area contributed by atoms with Crippen molar-refractivity contribution in [2.45, 2.75) is 57.3 Å². The van der Waals surface area contributed by atoms with Crippen molar-refractivity contribution in [1.29, 1.82) is 0 Å². The largest absolute Gasteiger partial charge is 0.480 e. The van der Waals surface area contributed by atoms with Crippen LogP contribution in [0.1, 0.15) is 32.3 Å². The van der Waals surface area contributed by atoms with Crippen LogP contribution in [0.2, 0.25) is 0 Å². The van der Waals surface area contributed by atoms with Gasteiger partial charge < -0.3 is 37.6 Å². The van der Waals surface area contributed by atoms with Crippen molar-refractivity contribution >= 4 is 29.6 Å². The van der Waals surface area contributed by atoms with E-state index in [1.54, 1.807) is 13.8 Å². The highest BCUT2D eigenvalue weighted by molar-refractivity contribution is 5.95. The molecule has 0 fully saturated rings. The van der Waals surface area contributed by atoms with Gasteiger partial charge in [0.2, 0.25) is 23.6 Å². The first-order chi connectivity index (χ1) is 16.0. The van der Waals surface area contributed by atoms with Gasteiger partial charge in [-0.1, -0.05) is 50.6 Å². The van der Waals surface area contributed by atoms with Gasteiger partial charge in [0.05, 0.1) is 19.1 Å². The molecule has 1 rings (SSSR count). The molecule has 0 radical (unpaired) electrons. The smallest absolute Gasteiger partial charge is 0.326 e. The highest BCUT2D eigenvalue weighted by Crippen LogP contribution is 2.10. The van der Waals surface area contributed by atoms with Crippen molar-refractivity contribution in [3.63, 3.8) is 0 Å². The molecule has 12 nitrogen and oxygen atoms in total. The second-order valence-corrected chi connectivity index (χ2v) is 7.98. The fourth-order valence-corrected chi connectivity index (χ4v) is 3.05. The number of rotatable bonds is 14. The lowest BCUT2D eigenvalue weighted by atomic mass is 9.97. The molecule has 0 saturated carbocycles. The summed E-state index contributed by atoms with van der Waals surface area (Å²) in [6.45, 7) is 2.67. The summed E-state index contributed by atoms with van der Waals surface area (Å²) >= 11 is 0. The first kappa shape index (κ1) is 28.5. The maximum Gasteiger partial charge on any atom is 0.326 e. The van der Waals surface area contributed by atoms with Gasteiger partial charge in [0.1, 0.15) is 18.1 Å². The number of hydrogen-bond acceptors (Lipinski definition) is 7. The fourth-order valence-electron chi connectivity index (χ4n) is 3.05. The van der Waals surface area contributed by atoms with Crippen LogP contribution in [0.4, 0.5) is 0 Å². The number of aliphatic hydroxyl groups excluding tert-OH is 1. The van der Waals surface area contributed by atoms with Crippen LogP contribution in [0, 0.1) is 5.92 Å². The van der Waals surface area contributed by atoms with Gasteiger partial charge in [-0.3, -0.25) is 19.2 Å². The minimum Gasteiger partial charge on any atom is -0.480 e. The third kappa shape index (κ3) is 9.16. The number of nitrogens with one attached hydrogen (secondary N) is 3. The van der Waals surface area contributed by atoms with Crippen LogP contribution < -0.4 is 27.4 Å². The van der Waals surface area contributed by atoms with Crippen LogP contribution in [0.5, 0.6) is 0 Å². The van der Waals surface area contributed by atoms with Crippen LogP contribution in [-0.4, -0.2) is 70.6 Å². The summed E-state index contributed by atoms with van der Waals surface area (Å²) < 4.78 is 0. The lowest BCUT2D eigenvalue weighted by Gasteiger charge is -2.27. The molecule has 188 valence electrons. The Kier molecular flexibility index (Phi) is 11.7. The molecule has 0 aromatic heterocycles. The zero-order valence-electron chi connectivity index (χ0n) is 19.2. The van der Waals surface area contributed by atoms with E-state index in [1.807, 2.05) is 30.3 Å². The van der Waals surface area contributed by atoms with Crippen LogP contribution in [0.3, 0.4) is 0 Å². The number of carboxylic acids is 1. The number of nitrogens with two attached hydrogens (primary N) is 2. The minimum absolute atomic E-state index is 0.250. The highest BCUT2D eigenvalue weighted by atomic mass is 16.4. The molecule has 0 saturated heterocycles. The molecule has 5 unspecified atom stereocenters. The summed E-state index contributed by atoms with van der Waals surface area (Å²) in [6.07, 6.45) is 0.0830. The summed E-state index contributed by atoms with van der Waals surface area (Å²) in [7, 11) is 0. The summed E-state index contributed by atoms with van der Waals surface area (Å²) in [5, 5.41) is 25.6. The van der Waals surface area contributed by atoms with E-state index in [-0.39, 0.29) is 12.3 Å². The van der Waals surface area contributed by atoms with Crippen LogP contribution >= 0.6 is 0 Å². The Morgan fingerprint density at radius 3 is 2.03 bits per heavy atom. The standard InChI is InChI=1S/C22H33N5O7/c1-3-12(2)18(27-19(30)14(23)9-13-7-5-4-6-8-13)21(32)26-16(11-28)20(31)25-15(22(33)34)10-17(24)29/h4-8,12,14-16,18,28H,3,9-11,23H2,1-2H3,(H2,24,29)(H,25,31)(H,26,32)(H,27,30)(H,33,34). The number of amides is 4. The Bertz CT molecular complexity index is 864. The monoisotopic (exact) mass is 479 g/mol. The summed E-state index contributed by atoms with van der Waals surface area (Å²) in [5.41, 5.74) is 11.8. The van der Waals surface area contributed by atoms with Crippen molar-refractivity contribution in [3.05, 3.63) is 35.9 Å². The Hall–Kier alpha value is -3.51. The lowest BCUT2D eigenvalue weighted by molar-refractivity contribution is -0.144. The second kappa shape index (κ2) is 13.9. The first-order valence-electron chi connectivity index (χ1n) is 10.8. The molecule has 12 heteroatoms. The zero-order chi connectivity index (χ0) is 25.8. The number of benzene rings is 1. The van der Waals surface area contributed by atoms with Gasteiger partial charge in [0.15, 0.2) is 0 Å². The summed E-state index contributed by atoms with van der Waals surface area (Å²) in [5.74, 6) is -5.17. The molecule has 0 heterocycles. The van der Waals surface area contributed by atoms with Gasteiger partial charge in [0.25, 0.3) is 0 Å². The van der Waals surface area contributed by atoms with Crippen LogP contribution in [0.25, 0.3) is 0 Å². The molecule has 4 amide bonds.